The van der Waals surface area contributed by atoms with Crippen LogP contribution in [0, 0.1) is 0 Å². The molecule has 1 atom stereocenters. The molecule has 0 aliphatic heterocycles. The van der Waals surface area contributed by atoms with Gasteiger partial charge in [-0.05, 0) is 103 Å². The molecule has 0 saturated heterocycles. The van der Waals surface area contributed by atoms with Crippen molar-refractivity contribution >= 4 is 17.9 Å². The van der Waals surface area contributed by atoms with Crippen LogP contribution in [0.3, 0.4) is 0 Å². The number of carbonyl (C=O) groups is 3. The topological polar surface area (TPSA) is 78.9 Å². The summed E-state index contributed by atoms with van der Waals surface area (Å²) >= 11 is 0. The molecule has 0 spiro atoms. The molecule has 1 unspecified atom stereocenters. The number of hydrogen-bond donors (Lipinski definition) is 0. The molecule has 0 amide bonds. The highest BCUT2D eigenvalue weighted by Crippen LogP contribution is 2.16. The molecule has 0 radical (unpaired) electrons. The summed E-state index contributed by atoms with van der Waals surface area (Å²) in [6, 6.07) is 0. The van der Waals surface area contributed by atoms with Gasteiger partial charge < -0.3 is 14.2 Å². The van der Waals surface area contributed by atoms with Crippen molar-refractivity contribution in [2.45, 2.75) is 322 Å². The Morgan fingerprint density at radius 1 is 0.273 bits per heavy atom. The van der Waals surface area contributed by atoms with Crippen LogP contribution in [0.25, 0.3) is 0 Å². The zero-order valence-corrected chi connectivity index (χ0v) is 50.7. The van der Waals surface area contributed by atoms with Crippen LogP contribution in [0.4, 0.5) is 0 Å². The van der Waals surface area contributed by atoms with Crippen molar-refractivity contribution < 1.29 is 28.6 Å². The van der Waals surface area contributed by atoms with E-state index in [0.717, 1.165) is 116 Å². The average molecular weight is 1070 g/mol. The van der Waals surface area contributed by atoms with Crippen LogP contribution in [0.1, 0.15) is 316 Å². The molecule has 6 nitrogen and oxygen atoms in total. The zero-order chi connectivity index (χ0) is 55.7. The van der Waals surface area contributed by atoms with Crippen LogP contribution >= 0.6 is 0 Å². The maximum atomic E-state index is 12.9. The Bertz CT molecular complexity index is 1510. The van der Waals surface area contributed by atoms with Crippen LogP contribution in [0.2, 0.25) is 0 Å². The fourth-order valence-corrected chi connectivity index (χ4v) is 9.18. The van der Waals surface area contributed by atoms with Crippen LogP contribution in [0.5, 0.6) is 0 Å². The van der Waals surface area contributed by atoms with Gasteiger partial charge >= 0.3 is 17.9 Å². The Balaban J connectivity index is 4.17. The summed E-state index contributed by atoms with van der Waals surface area (Å²) in [4.78, 5) is 38.2. The number of ether oxygens (including phenoxy) is 3. The quantitative estimate of drug-likeness (QED) is 0.0261. The minimum absolute atomic E-state index is 0.0776. The van der Waals surface area contributed by atoms with Crippen molar-refractivity contribution in [1.29, 1.82) is 0 Å². The van der Waals surface area contributed by atoms with Crippen molar-refractivity contribution in [2.75, 3.05) is 13.2 Å². The van der Waals surface area contributed by atoms with E-state index in [4.69, 9.17) is 14.2 Å². The predicted octanol–water partition coefficient (Wildman–Crippen LogP) is 22.4. The summed E-state index contributed by atoms with van der Waals surface area (Å²) in [5.41, 5.74) is 0. The van der Waals surface area contributed by atoms with Crippen LogP contribution in [-0.2, 0) is 28.6 Å². The van der Waals surface area contributed by atoms with E-state index in [1.807, 2.05) is 0 Å². The fourth-order valence-electron chi connectivity index (χ4n) is 9.18. The van der Waals surface area contributed by atoms with Gasteiger partial charge in [-0.3, -0.25) is 14.4 Å². The Labute approximate surface area is 477 Å². The highest BCUT2D eigenvalue weighted by Gasteiger charge is 2.19. The lowest BCUT2D eigenvalue weighted by molar-refractivity contribution is -0.167. The predicted molar refractivity (Wildman–Crippen MR) is 334 cm³/mol. The van der Waals surface area contributed by atoms with Crippen LogP contribution in [0.15, 0.2) is 97.2 Å². The highest BCUT2D eigenvalue weighted by atomic mass is 16.6. The molecule has 0 rings (SSSR count). The molecule has 0 fully saturated rings. The fraction of sp³-hybridized carbons (Fsp3) is 0.732. The second kappa shape index (κ2) is 64.9. The second-order valence-corrected chi connectivity index (χ2v) is 21.6. The SMILES string of the molecule is CC/C=C\C/C=C\C/C=C\C/C=C\C/C=C\C/C=C\C/C=C\CCCCCCCCCCCCCC(=O)OCC(COC(=O)CCCCCCCCCCCC)OC(=O)CCCCCCC/C=C\CCCCCCCCC. The monoisotopic (exact) mass is 1070 g/mol. The summed E-state index contributed by atoms with van der Waals surface area (Å²) < 4.78 is 16.9. The molecule has 0 bridgehead atoms. The first-order valence-corrected chi connectivity index (χ1v) is 32.7. The third-order valence-electron chi connectivity index (χ3n) is 14.1. The number of unbranched alkanes of at least 4 members (excludes halogenated alkanes) is 32. The van der Waals surface area contributed by atoms with Crippen molar-refractivity contribution in [1.82, 2.24) is 0 Å². The Hall–Kier alpha value is -3.67. The third-order valence-corrected chi connectivity index (χ3v) is 14.1. The van der Waals surface area contributed by atoms with Gasteiger partial charge in [0, 0.05) is 19.3 Å². The van der Waals surface area contributed by atoms with E-state index < -0.39 is 6.10 Å². The first kappa shape index (κ1) is 73.3. The van der Waals surface area contributed by atoms with E-state index in [1.54, 1.807) is 0 Å². The minimum Gasteiger partial charge on any atom is -0.462 e. The van der Waals surface area contributed by atoms with Gasteiger partial charge in [0.1, 0.15) is 13.2 Å². The molecule has 6 heteroatoms. The second-order valence-electron chi connectivity index (χ2n) is 21.6. The number of carbonyl (C=O) groups excluding carboxylic acids is 3. The molecule has 0 saturated carbocycles. The van der Waals surface area contributed by atoms with E-state index in [1.165, 1.54) is 161 Å². The van der Waals surface area contributed by atoms with E-state index in [-0.39, 0.29) is 31.1 Å². The molecule has 0 aromatic heterocycles. The molecule has 0 heterocycles. The van der Waals surface area contributed by atoms with Gasteiger partial charge in [0.15, 0.2) is 6.10 Å². The molecule has 442 valence electrons. The number of rotatable bonds is 59. The maximum absolute atomic E-state index is 12.9. The summed E-state index contributed by atoms with van der Waals surface area (Å²) in [7, 11) is 0. The van der Waals surface area contributed by atoms with E-state index in [0.29, 0.717) is 19.3 Å². The van der Waals surface area contributed by atoms with Crippen LogP contribution in [-0.4, -0.2) is 37.2 Å². The number of esters is 3. The molecular formula is C71H122O6. The van der Waals surface area contributed by atoms with Gasteiger partial charge in [0.05, 0.1) is 0 Å². The van der Waals surface area contributed by atoms with Gasteiger partial charge in [-0.2, -0.15) is 0 Å². The largest absolute Gasteiger partial charge is 0.462 e. The molecule has 0 aliphatic carbocycles. The van der Waals surface area contributed by atoms with Crippen molar-refractivity contribution in [2.24, 2.45) is 0 Å². The van der Waals surface area contributed by atoms with Gasteiger partial charge in [0.25, 0.3) is 0 Å². The standard InChI is InChI=1S/C71H122O6/c1-4-7-10-13-16-19-22-24-26-28-29-30-31-32-33-34-35-36-37-38-39-40-41-42-43-44-46-47-49-52-55-58-61-64-70(73)76-67-68(66-75-69(72)63-60-57-54-51-21-18-15-12-9-6-3)77-71(74)65-62-59-56-53-50-48-45-27-25-23-20-17-14-11-8-5-2/h7,10,16,19,24,26-27,29-30,32-33,35-36,38-39,45,68H,4-6,8-9,11-15,17-18,20-23,25,28,31,34,37,40-44,46-67H2,1-3H3/b10-7-,19-16-,26-24-,30-29-,33-32-,36-35-,39-38-,45-27-. The highest BCUT2D eigenvalue weighted by molar-refractivity contribution is 5.71. The summed E-state index contributed by atoms with van der Waals surface area (Å²) in [5, 5.41) is 0. The normalized spacial score (nSPS) is 12.7. The Kier molecular flexibility index (Phi) is 61.8. The molecule has 77 heavy (non-hydrogen) atoms. The maximum Gasteiger partial charge on any atom is 0.306 e. The number of hydrogen-bond acceptors (Lipinski definition) is 6. The zero-order valence-electron chi connectivity index (χ0n) is 50.7. The van der Waals surface area contributed by atoms with Crippen molar-refractivity contribution in [3.8, 4) is 0 Å². The molecule has 0 aliphatic rings. The number of allylic oxidation sites excluding steroid dienone is 16. The third kappa shape index (κ3) is 63.0. The molecular weight excluding hydrogens is 949 g/mol. The van der Waals surface area contributed by atoms with Gasteiger partial charge in [-0.1, -0.05) is 291 Å². The average Bonchev–Trinajstić information content (AvgIpc) is 3.43. The molecule has 0 aromatic rings. The van der Waals surface area contributed by atoms with Gasteiger partial charge in [-0.15, -0.1) is 0 Å². The Morgan fingerprint density at radius 2 is 0.506 bits per heavy atom. The summed E-state index contributed by atoms with van der Waals surface area (Å²) in [5.74, 6) is -0.880. The lowest BCUT2D eigenvalue weighted by Crippen LogP contribution is -2.30. The minimum atomic E-state index is -0.780. The smallest absolute Gasteiger partial charge is 0.306 e. The van der Waals surface area contributed by atoms with E-state index in [2.05, 4.69) is 118 Å². The summed E-state index contributed by atoms with van der Waals surface area (Å²) in [6.45, 7) is 6.53. The van der Waals surface area contributed by atoms with Crippen molar-refractivity contribution in [3.63, 3.8) is 0 Å². The first-order chi connectivity index (χ1) is 38.0. The first-order valence-electron chi connectivity index (χ1n) is 32.7. The van der Waals surface area contributed by atoms with Gasteiger partial charge in [0.2, 0.25) is 0 Å². The van der Waals surface area contributed by atoms with E-state index in [9.17, 15) is 14.4 Å². The van der Waals surface area contributed by atoms with E-state index >= 15 is 0 Å². The molecule has 0 aromatic carbocycles. The van der Waals surface area contributed by atoms with Crippen molar-refractivity contribution in [3.05, 3.63) is 97.2 Å². The summed E-state index contributed by atoms with van der Waals surface area (Å²) in [6.07, 6.45) is 87.1. The molecule has 0 N–H and O–H groups in total. The van der Waals surface area contributed by atoms with Crippen LogP contribution < -0.4 is 0 Å². The Morgan fingerprint density at radius 3 is 0.805 bits per heavy atom. The van der Waals surface area contributed by atoms with Gasteiger partial charge in [-0.25, -0.2) is 0 Å². The lowest BCUT2D eigenvalue weighted by Gasteiger charge is -2.18. The lowest BCUT2D eigenvalue weighted by atomic mass is 10.0.